The maximum Gasteiger partial charge on any atom is 0.269 e. The van der Waals surface area contributed by atoms with Gasteiger partial charge < -0.3 is 10.2 Å². The van der Waals surface area contributed by atoms with Crippen LogP contribution in [0.15, 0.2) is 59.5 Å². The lowest BCUT2D eigenvalue weighted by Gasteiger charge is -2.31. The number of non-ortho nitro benzene ring substituents is 1. The number of nitro groups is 1. The summed E-state index contributed by atoms with van der Waals surface area (Å²) in [5.74, 6) is -0.486. The van der Waals surface area contributed by atoms with Crippen molar-refractivity contribution in [3.8, 4) is 0 Å². The molecule has 2 N–H and O–H groups in total. The van der Waals surface area contributed by atoms with Crippen LogP contribution in [0.3, 0.4) is 0 Å². The second kappa shape index (κ2) is 10.6. The van der Waals surface area contributed by atoms with E-state index < -0.39 is 20.9 Å². The average molecular weight is 490 g/mol. The third kappa shape index (κ3) is 6.65. The van der Waals surface area contributed by atoms with E-state index in [2.05, 4.69) is 15.5 Å². The summed E-state index contributed by atoms with van der Waals surface area (Å²) in [4.78, 5) is 24.5. The summed E-state index contributed by atoms with van der Waals surface area (Å²) in [6, 6.07) is 11.9. The van der Waals surface area contributed by atoms with Gasteiger partial charge >= 0.3 is 0 Å². The van der Waals surface area contributed by atoms with Crippen molar-refractivity contribution in [1.82, 2.24) is 14.5 Å². The van der Waals surface area contributed by atoms with Crippen molar-refractivity contribution in [3.05, 3.63) is 70.3 Å². The predicted molar refractivity (Wildman–Crippen MR) is 129 cm³/mol. The number of carbonyl (C=O) groups is 1. The Balaban J connectivity index is 1.53. The number of piperazine rings is 1. The Morgan fingerprint density at radius 1 is 1.06 bits per heavy atom. The van der Waals surface area contributed by atoms with Gasteiger partial charge in [-0.15, -0.1) is 0 Å². The zero-order valence-electron chi connectivity index (χ0n) is 17.8. The van der Waals surface area contributed by atoms with Crippen molar-refractivity contribution in [2.24, 2.45) is 0 Å². The lowest BCUT2D eigenvalue weighted by atomic mass is 10.2. The molecule has 2 aromatic carbocycles. The first-order valence-electron chi connectivity index (χ1n) is 9.98. The number of anilines is 1. The Morgan fingerprint density at radius 3 is 2.24 bits per heavy atom. The van der Waals surface area contributed by atoms with E-state index in [1.807, 2.05) is 7.05 Å². The number of likely N-dealkylation sites (N-methyl/N-ethyl adjacent to an activating group) is 1. The van der Waals surface area contributed by atoms with Gasteiger partial charge in [-0.25, -0.2) is 8.42 Å². The summed E-state index contributed by atoms with van der Waals surface area (Å²) in [5, 5.41) is 16.0. The van der Waals surface area contributed by atoms with Gasteiger partial charge in [-0.2, -0.15) is 4.31 Å². The van der Waals surface area contributed by atoms with Crippen LogP contribution in [-0.2, 0) is 14.8 Å². The van der Waals surface area contributed by atoms with Crippen molar-refractivity contribution in [2.75, 3.05) is 38.5 Å². The van der Waals surface area contributed by atoms with Crippen molar-refractivity contribution < 1.29 is 18.1 Å². The van der Waals surface area contributed by atoms with Gasteiger partial charge in [0.15, 0.2) is 5.11 Å². The molecule has 33 heavy (non-hydrogen) atoms. The van der Waals surface area contributed by atoms with Crippen molar-refractivity contribution >= 4 is 50.7 Å². The molecule has 1 saturated heterocycles. The molecule has 0 aromatic heterocycles. The fourth-order valence-electron chi connectivity index (χ4n) is 3.08. The van der Waals surface area contributed by atoms with Gasteiger partial charge in [0, 0.05) is 50.1 Å². The Hall–Kier alpha value is -3.19. The van der Waals surface area contributed by atoms with Gasteiger partial charge in [0.25, 0.3) is 5.69 Å². The van der Waals surface area contributed by atoms with Crippen LogP contribution in [-0.4, -0.2) is 66.8 Å². The minimum absolute atomic E-state index is 0.0377. The number of nitrogens with one attached hydrogen (secondary N) is 2. The zero-order valence-corrected chi connectivity index (χ0v) is 19.4. The minimum atomic E-state index is -3.56. The average Bonchev–Trinajstić information content (AvgIpc) is 2.78. The van der Waals surface area contributed by atoms with E-state index in [1.165, 1.54) is 52.9 Å². The summed E-state index contributed by atoms with van der Waals surface area (Å²) in [6.07, 6.45) is 2.75. The number of benzene rings is 2. The van der Waals surface area contributed by atoms with Crippen molar-refractivity contribution in [1.29, 1.82) is 0 Å². The lowest BCUT2D eigenvalue weighted by Crippen LogP contribution is -2.46. The molecule has 1 fully saturated rings. The fourth-order valence-corrected chi connectivity index (χ4v) is 4.72. The number of thiocarbonyl (C=S) groups is 1. The number of amides is 1. The molecule has 0 unspecified atom stereocenters. The first-order valence-corrected chi connectivity index (χ1v) is 11.8. The van der Waals surface area contributed by atoms with E-state index in [0.29, 0.717) is 37.4 Å². The summed E-state index contributed by atoms with van der Waals surface area (Å²) in [6.45, 7) is 2.27. The van der Waals surface area contributed by atoms with E-state index in [4.69, 9.17) is 12.2 Å². The Labute approximate surface area is 197 Å². The molecular formula is C21H23N5O5S2. The van der Waals surface area contributed by atoms with E-state index in [1.54, 1.807) is 12.1 Å². The Bertz CT molecular complexity index is 1160. The number of sulfonamides is 1. The first kappa shape index (κ1) is 24.5. The van der Waals surface area contributed by atoms with Crippen LogP contribution in [0.4, 0.5) is 11.4 Å². The highest BCUT2D eigenvalue weighted by molar-refractivity contribution is 7.89. The summed E-state index contributed by atoms with van der Waals surface area (Å²) in [7, 11) is -1.61. The zero-order chi connectivity index (χ0) is 24.0. The molecular weight excluding hydrogens is 466 g/mol. The highest BCUT2D eigenvalue weighted by Crippen LogP contribution is 2.19. The van der Waals surface area contributed by atoms with Crippen LogP contribution >= 0.6 is 12.2 Å². The molecule has 1 heterocycles. The third-order valence-electron chi connectivity index (χ3n) is 4.98. The minimum Gasteiger partial charge on any atom is -0.332 e. The van der Waals surface area contributed by atoms with Crippen molar-refractivity contribution in [2.45, 2.75) is 4.90 Å². The van der Waals surface area contributed by atoms with Crippen LogP contribution in [0.1, 0.15) is 5.56 Å². The number of hydrogen-bond acceptors (Lipinski definition) is 7. The van der Waals surface area contributed by atoms with Crippen LogP contribution in [0.25, 0.3) is 6.08 Å². The molecule has 0 aliphatic carbocycles. The highest BCUT2D eigenvalue weighted by Gasteiger charge is 2.27. The highest BCUT2D eigenvalue weighted by atomic mass is 32.2. The van der Waals surface area contributed by atoms with Gasteiger partial charge in [-0.3, -0.25) is 20.2 Å². The molecule has 0 radical (unpaired) electrons. The smallest absolute Gasteiger partial charge is 0.269 e. The second-order valence-corrected chi connectivity index (χ2v) is 9.70. The molecule has 1 aliphatic rings. The van der Waals surface area contributed by atoms with Gasteiger partial charge in [-0.1, -0.05) is 0 Å². The van der Waals surface area contributed by atoms with E-state index >= 15 is 0 Å². The molecule has 12 heteroatoms. The monoisotopic (exact) mass is 489 g/mol. The molecule has 1 aliphatic heterocycles. The summed E-state index contributed by atoms with van der Waals surface area (Å²) >= 11 is 5.13. The molecule has 0 bridgehead atoms. The van der Waals surface area contributed by atoms with E-state index in [9.17, 15) is 23.3 Å². The Kier molecular flexibility index (Phi) is 7.87. The summed E-state index contributed by atoms with van der Waals surface area (Å²) in [5.41, 5.74) is 1.10. The molecule has 174 valence electrons. The number of rotatable bonds is 6. The molecule has 3 rings (SSSR count). The molecule has 0 saturated carbocycles. The molecule has 10 nitrogen and oxygen atoms in total. The standard InChI is InChI=1S/C21H23N5O5S2/c1-24-12-14-25(15-13-24)33(30,31)19-9-5-17(6-10-19)22-21(32)23-20(27)11-4-16-2-7-18(8-3-16)26(28)29/h2-11H,12-15H2,1H3,(H2,22,23,27,32)/b11-4+. The van der Waals surface area contributed by atoms with Gasteiger partial charge in [0.2, 0.25) is 15.9 Å². The molecule has 1 amide bonds. The molecule has 2 aromatic rings. The quantitative estimate of drug-likeness (QED) is 0.273. The number of hydrogen-bond donors (Lipinski definition) is 2. The predicted octanol–water partition coefficient (Wildman–Crippen LogP) is 2.06. The molecule has 0 spiro atoms. The number of nitro benzene ring substituents is 1. The maximum atomic E-state index is 12.8. The van der Waals surface area contributed by atoms with Crippen LogP contribution in [0, 0.1) is 10.1 Å². The van der Waals surface area contributed by atoms with Crippen molar-refractivity contribution in [3.63, 3.8) is 0 Å². The molecule has 0 atom stereocenters. The van der Waals surface area contributed by atoms with Crippen LogP contribution in [0.5, 0.6) is 0 Å². The number of carbonyl (C=O) groups excluding carboxylic acids is 1. The third-order valence-corrected chi connectivity index (χ3v) is 7.10. The fraction of sp³-hybridized carbons (Fsp3) is 0.238. The van der Waals surface area contributed by atoms with Gasteiger partial charge in [0.05, 0.1) is 9.82 Å². The van der Waals surface area contributed by atoms with Gasteiger partial charge in [-0.05, 0) is 67.3 Å². The SMILES string of the molecule is CN1CCN(S(=O)(=O)c2ccc(NC(=S)NC(=O)/C=C/c3ccc([N+](=O)[O-])cc3)cc2)CC1. The topological polar surface area (TPSA) is 125 Å². The lowest BCUT2D eigenvalue weighted by molar-refractivity contribution is -0.384. The van der Waals surface area contributed by atoms with E-state index in [0.717, 1.165) is 0 Å². The van der Waals surface area contributed by atoms with Gasteiger partial charge in [0.1, 0.15) is 0 Å². The van der Waals surface area contributed by atoms with E-state index in [-0.39, 0.29) is 15.7 Å². The Morgan fingerprint density at radius 2 is 1.67 bits per heavy atom. The first-order chi connectivity index (χ1) is 15.6. The largest absolute Gasteiger partial charge is 0.332 e. The van der Waals surface area contributed by atoms with Crippen LogP contribution < -0.4 is 10.6 Å². The summed E-state index contributed by atoms with van der Waals surface area (Å²) < 4.78 is 27.0. The number of nitrogens with zero attached hydrogens (tertiary/aromatic N) is 3. The normalized spacial score (nSPS) is 15.3. The maximum absolute atomic E-state index is 12.8. The second-order valence-electron chi connectivity index (χ2n) is 7.36. The van der Waals surface area contributed by atoms with Crippen LogP contribution in [0.2, 0.25) is 0 Å².